The predicted molar refractivity (Wildman–Crippen MR) is 83.7 cm³/mol. The zero-order valence-corrected chi connectivity index (χ0v) is 14.2. The van der Waals surface area contributed by atoms with Crippen molar-refractivity contribution < 1.29 is 19.5 Å². The average Bonchev–Trinajstić information content (AvgIpc) is 2.39. The largest absolute Gasteiger partial charge is 0.480 e. The molecule has 0 radical (unpaired) electrons. The quantitative estimate of drug-likeness (QED) is 0.625. The number of nitrogens with two attached hydrogens (primary N) is 2. The van der Waals surface area contributed by atoms with Crippen molar-refractivity contribution in [2.24, 2.45) is 29.2 Å². The van der Waals surface area contributed by atoms with Gasteiger partial charge in [0.15, 0.2) is 0 Å². The van der Waals surface area contributed by atoms with E-state index in [1.54, 1.807) is 41.5 Å². The van der Waals surface area contributed by atoms with Gasteiger partial charge in [0.05, 0.1) is 12.1 Å². The highest BCUT2D eigenvalue weighted by molar-refractivity contribution is 6.03. The molecule has 0 aromatic carbocycles. The summed E-state index contributed by atoms with van der Waals surface area (Å²) in [7, 11) is 0. The normalized spacial score (nSPS) is 15.8. The summed E-state index contributed by atoms with van der Waals surface area (Å²) in [4.78, 5) is 37.4. The van der Waals surface area contributed by atoms with Crippen molar-refractivity contribution in [3.05, 3.63) is 0 Å². The molecule has 0 fully saturated rings. The molecule has 128 valence electrons. The minimum atomic E-state index is -1.28. The number of carbonyl (C=O) groups is 3. The number of hydrogen-bond acceptors (Lipinski definition) is 5. The van der Waals surface area contributed by atoms with E-state index in [2.05, 4.69) is 0 Å². The van der Waals surface area contributed by atoms with Crippen LogP contribution in [-0.4, -0.2) is 45.9 Å². The first-order chi connectivity index (χ1) is 9.93. The van der Waals surface area contributed by atoms with Gasteiger partial charge in [-0.2, -0.15) is 0 Å². The monoisotopic (exact) mass is 315 g/mol. The molecule has 0 rings (SSSR count). The highest BCUT2D eigenvalue weighted by Crippen LogP contribution is 2.17. The highest BCUT2D eigenvalue weighted by Gasteiger charge is 2.41. The molecular weight excluding hydrogens is 286 g/mol. The van der Waals surface area contributed by atoms with Crippen molar-refractivity contribution in [2.45, 2.75) is 59.7 Å². The zero-order chi connectivity index (χ0) is 17.8. The van der Waals surface area contributed by atoms with Gasteiger partial charge in [-0.05, 0) is 17.8 Å². The fourth-order valence-corrected chi connectivity index (χ4v) is 1.97. The van der Waals surface area contributed by atoms with E-state index < -0.39 is 41.8 Å². The molecule has 0 saturated heterocycles. The maximum absolute atomic E-state index is 12.6. The summed E-state index contributed by atoms with van der Waals surface area (Å²) in [6.45, 7) is 10.2. The number of amides is 2. The molecule has 7 heteroatoms. The van der Waals surface area contributed by atoms with Crippen molar-refractivity contribution in [3.63, 3.8) is 0 Å². The Morgan fingerprint density at radius 1 is 0.773 bits per heavy atom. The standard InChI is InChI=1S/C15H29N3O4/c1-7(2)10(16)13(19)18(12(9(5)6)15(21)22)14(20)11(17)8(3)4/h7-12H,16-17H2,1-6H3,(H,21,22)/t10-,11-,12-/m0/s1. The first-order valence-electron chi connectivity index (χ1n) is 7.54. The zero-order valence-electron chi connectivity index (χ0n) is 14.2. The summed E-state index contributed by atoms with van der Waals surface area (Å²) in [6.07, 6.45) is 0. The number of carbonyl (C=O) groups excluding carboxylic acids is 2. The second-order valence-electron chi connectivity index (χ2n) is 6.61. The highest BCUT2D eigenvalue weighted by atomic mass is 16.4. The number of rotatable bonds is 7. The van der Waals surface area contributed by atoms with E-state index in [0.717, 1.165) is 4.90 Å². The van der Waals surface area contributed by atoms with E-state index in [1.807, 2.05) is 0 Å². The molecule has 2 amide bonds. The van der Waals surface area contributed by atoms with Crippen LogP contribution in [0.5, 0.6) is 0 Å². The number of imide groups is 1. The molecule has 0 unspecified atom stereocenters. The van der Waals surface area contributed by atoms with Crippen LogP contribution in [0.4, 0.5) is 0 Å². The Hall–Kier alpha value is -1.47. The molecule has 0 aliphatic carbocycles. The van der Waals surface area contributed by atoms with Crippen molar-refractivity contribution in [2.75, 3.05) is 0 Å². The maximum Gasteiger partial charge on any atom is 0.327 e. The van der Waals surface area contributed by atoms with Gasteiger partial charge in [0, 0.05) is 0 Å². The number of aliphatic carboxylic acids is 1. The second kappa shape index (κ2) is 8.24. The van der Waals surface area contributed by atoms with Crippen LogP contribution >= 0.6 is 0 Å². The van der Waals surface area contributed by atoms with Crippen LogP contribution in [0.2, 0.25) is 0 Å². The molecule has 0 aromatic heterocycles. The number of carboxylic acids is 1. The first kappa shape index (κ1) is 20.5. The molecule has 7 nitrogen and oxygen atoms in total. The van der Waals surface area contributed by atoms with E-state index in [0.29, 0.717) is 0 Å². The van der Waals surface area contributed by atoms with E-state index >= 15 is 0 Å². The van der Waals surface area contributed by atoms with Gasteiger partial charge in [0.25, 0.3) is 0 Å². The van der Waals surface area contributed by atoms with Crippen molar-refractivity contribution >= 4 is 17.8 Å². The lowest BCUT2D eigenvalue weighted by atomic mass is 9.95. The van der Waals surface area contributed by atoms with Gasteiger partial charge in [-0.1, -0.05) is 41.5 Å². The molecule has 0 spiro atoms. The molecule has 22 heavy (non-hydrogen) atoms. The van der Waals surface area contributed by atoms with E-state index in [-0.39, 0.29) is 11.8 Å². The number of hydrogen-bond donors (Lipinski definition) is 3. The van der Waals surface area contributed by atoms with Crippen LogP contribution in [0.3, 0.4) is 0 Å². The molecule has 0 bridgehead atoms. The topological polar surface area (TPSA) is 127 Å². The molecule has 5 N–H and O–H groups in total. The molecule has 0 aromatic rings. The number of nitrogens with zero attached hydrogens (tertiary/aromatic N) is 1. The Kier molecular flexibility index (Phi) is 7.69. The number of carboxylic acid groups (broad SMARTS) is 1. The molecule has 3 atom stereocenters. The fraction of sp³-hybridized carbons (Fsp3) is 0.800. The molecule has 0 aliphatic rings. The second-order valence-corrected chi connectivity index (χ2v) is 6.61. The summed E-state index contributed by atoms with van der Waals surface area (Å²) < 4.78 is 0. The van der Waals surface area contributed by atoms with Gasteiger partial charge in [-0.15, -0.1) is 0 Å². The van der Waals surface area contributed by atoms with Gasteiger partial charge >= 0.3 is 5.97 Å². The van der Waals surface area contributed by atoms with Gasteiger partial charge in [-0.25, -0.2) is 4.79 Å². The molecular formula is C15H29N3O4. The third kappa shape index (κ3) is 4.78. The van der Waals surface area contributed by atoms with Gasteiger partial charge in [0.2, 0.25) is 11.8 Å². The first-order valence-corrected chi connectivity index (χ1v) is 7.54. The maximum atomic E-state index is 12.6. The van der Waals surface area contributed by atoms with E-state index in [4.69, 9.17) is 11.5 Å². The van der Waals surface area contributed by atoms with E-state index in [9.17, 15) is 19.5 Å². The van der Waals surface area contributed by atoms with Crippen LogP contribution in [0.15, 0.2) is 0 Å². The Balaban J connectivity index is 5.82. The molecule has 0 aliphatic heterocycles. The summed E-state index contributed by atoms with van der Waals surface area (Å²) in [6, 6.07) is -3.19. The third-order valence-corrected chi connectivity index (χ3v) is 3.64. The predicted octanol–water partition coefficient (Wildman–Crippen LogP) is 0.417. The Bertz CT molecular complexity index is 395. The molecule has 0 heterocycles. The molecule has 0 saturated carbocycles. The van der Waals surface area contributed by atoms with Crippen LogP contribution in [0, 0.1) is 17.8 Å². The fourth-order valence-electron chi connectivity index (χ4n) is 1.97. The summed E-state index contributed by atoms with van der Waals surface area (Å²) in [5.41, 5.74) is 11.7. The van der Waals surface area contributed by atoms with Crippen LogP contribution < -0.4 is 11.5 Å². The van der Waals surface area contributed by atoms with Crippen molar-refractivity contribution in [1.82, 2.24) is 4.90 Å². The van der Waals surface area contributed by atoms with E-state index in [1.165, 1.54) is 0 Å². The van der Waals surface area contributed by atoms with Crippen LogP contribution in [0.1, 0.15) is 41.5 Å². The van der Waals surface area contributed by atoms with Gasteiger partial charge in [0.1, 0.15) is 6.04 Å². The van der Waals surface area contributed by atoms with Crippen LogP contribution in [-0.2, 0) is 14.4 Å². The Labute approximate surface area is 132 Å². The average molecular weight is 315 g/mol. The third-order valence-electron chi connectivity index (χ3n) is 3.64. The lowest BCUT2D eigenvalue weighted by Crippen LogP contribution is -2.61. The lowest BCUT2D eigenvalue weighted by Gasteiger charge is -2.34. The summed E-state index contributed by atoms with van der Waals surface area (Å²) in [5.74, 6) is -3.54. The Morgan fingerprint density at radius 3 is 1.27 bits per heavy atom. The summed E-state index contributed by atoms with van der Waals surface area (Å²) >= 11 is 0. The SMILES string of the molecule is CC(C)[C@H](N)C(=O)N(C(=O)[C@@H](N)C(C)C)[C@H](C(=O)O)C(C)C. The van der Waals surface area contributed by atoms with Crippen molar-refractivity contribution in [1.29, 1.82) is 0 Å². The van der Waals surface area contributed by atoms with Crippen molar-refractivity contribution in [3.8, 4) is 0 Å². The Morgan fingerprint density at radius 2 is 1.09 bits per heavy atom. The van der Waals surface area contributed by atoms with Crippen LogP contribution in [0.25, 0.3) is 0 Å². The minimum Gasteiger partial charge on any atom is -0.480 e. The summed E-state index contributed by atoms with van der Waals surface area (Å²) in [5, 5.41) is 9.42. The van der Waals surface area contributed by atoms with Gasteiger partial charge < -0.3 is 16.6 Å². The minimum absolute atomic E-state index is 0.223. The smallest absolute Gasteiger partial charge is 0.327 e. The lowest BCUT2D eigenvalue weighted by molar-refractivity contribution is -0.162. The van der Waals surface area contributed by atoms with Gasteiger partial charge in [-0.3, -0.25) is 14.5 Å².